The number of hydrogen-bond acceptors (Lipinski definition) is 4. The molecule has 0 radical (unpaired) electrons. The molecular weight excluding hydrogens is 256 g/mol. The van der Waals surface area contributed by atoms with E-state index in [-0.39, 0.29) is 0 Å². The molecule has 0 rings (SSSR count). The van der Waals surface area contributed by atoms with E-state index >= 15 is 0 Å². The Balaban J connectivity index is 3.98. The van der Waals surface area contributed by atoms with Crippen LogP contribution in [-0.2, 0) is 19.1 Å². The van der Waals surface area contributed by atoms with Gasteiger partial charge in [0.1, 0.15) is 0 Å². The van der Waals surface area contributed by atoms with Gasteiger partial charge in [-0.05, 0) is 32.1 Å². The lowest BCUT2D eigenvalue weighted by Gasteiger charge is -2.07. The summed E-state index contributed by atoms with van der Waals surface area (Å²) in [7, 11) is 0. The Labute approximate surface area is 121 Å². The number of rotatable bonds is 8. The topological polar surface area (TPSA) is 52.6 Å². The maximum Gasteiger partial charge on any atom is 0.332 e. The van der Waals surface area contributed by atoms with Crippen LogP contribution in [-0.4, -0.2) is 24.6 Å². The molecule has 1 unspecified atom stereocenters. The highest BCUT2D eigenvalue weighted by molar-refractivity contribution is 5.91. The van der Waals surface area contributed by atoms with Crippen molar-refractivity contribution in [1.29, 1.82) is 0 Å². The molecule has 1 atom stereocenters. The molecule has 0 aliphatic rings. The standard InChI is InChI=1S/C16H24O4/c1-5-8-14(6-2)20-16(18)11-10-15(17)19-12-7-9-13(3)4/h10-11,13-14H,6-7,9,12H2,1-4H3/b11-10+. The van der Waals surface area contributed by atoms with Crippen LogP contribution in [0.5, 0.6) is 0 Å². The Morgan fingerprint density at radius 2 is 1.85 bits per heavy atom. The van der Waals surface area contributed by atoms with Crippen LogP contribution in [0.1, 0.15) is 47.0 Å². The van der Waals surface area contributed by atoms with Gasteiger partial charge in [0.25, 0.3) is 0 Å². The highest BCUT2D eigenvalue weighted by Gasteiger charge is 2.07. The molecular formula is C16H24O4. The Kier molecular flexibility index (Phi) is 10.1. The van der Waals surface area contributed by atoms with Crippen molar-refractivity contribution in [1.82, 2.24) is 0 Å². The van der Waals surface area contributed by atoms with Crippen LogP contribution in [0.4, 0.5) is 0 Å². The average molecular weight is 280 g/mol. The number of ether oxygens (including phenoxy) is 2. The van der Waals surface area contributed by atoms with Gasteiger partial charge in [-0.25, -0.2) is 9.59 Å². The lowest BCUT2D eigenvalue weighted by Crippen LogP contribution is -2.14. The van der Waals surface area contributed by atoms with E-state index in [0.717, 1.165) is 25.0 Å². The maximum atomic E-state index is 11.4. The van der Waals surface area contributed by atoms with Crippen molar-refractivity contribution in [2.75, 3.05) is 6.61 Å². The Morgan fingerprint density at radius 1 is 1.20 bits per heavy atom. The average Bonchev–Trinajstić information content (AvgIpc) is 2.40. The number of carbonyl (C=O) groups is 2. The van der Waals surface area contributed by atoms with Crippen LogP contribution < -0.4 is 0 Å². The molecule has 0 aliphatic carbocycles. The van der Waals surface area contributed by atoms with E-state index in [1.54, 1.807) is 6.92 Å². The van der Waals surface area contributed by atoms with Crippen molar-refractivity contribution in [2.24, 2.45) is 5.92 Å². The van der Waals surface area contributed by atoms with Gasteiger partial charge in [0.05, 0.1) is 6.61 Å². The third-order valence-electron chi connectivity index (χ3n) is 2.46. The minimum atomic E-state index is -0.585. The fourth-order valence-corrected chi connectivity index (χ4v) is 1.40. The summed E-state index contributed by atoms with van der Waals surface area (Å²) < 4.78 is 10.0. The van der Waals surface area contributed by atoms with Gasteiger partial charge in [-0.1, -0.05) is 26.7 Å². The molecule has 112 valence electrons. The summed E-state index contributed by atoms with van der Waals surface area (Å²) in [6.45, 7) is 8.15. The highest BCUT2D eigenvalue weighted by Crippen LogP contribution is 2.03. The molecule has 20 heavy (non-hydrogen) atoms. The first-order valence-corrected chi connectivity index (χ1v) is 6.97. The van der Waals surface area contributed by atoms with Gasteiger partial charge in [-0.15, -0.1) is 5.92 Å². The Bertz CT molecular complexity index is 385. The van der Waals surface area contributed by atoms with Gasteiger partial charge in [0.15, 0.2) is 6.10 Å². The highest BCUT2D eigenvalue weighted by atomic mass is 16.5. The van der Waals surface area contributed by atoms with Crippen molar-refractivity contribution in [2.45, 2.75) is 53.1 Å². The van der Waals surface area contributed by atoms with E-state index in [0.29, 0.717) is 18.9 Å². The van der Waals surface area contributed by atoms with E-state index in [9.17, 15) is 9.59 Å². The van der Waals surface area contributed by atoms with Crippen LogP contribution in [0.2, 0.25) is 0 Å². The quantitative estimate of drug-likeness (QED) is 0.297. The summed E-state index contributed by atoms with van der Waals surface area (Å²) in [6, 6.07) is 0. The summed E-state index contributed by atoms with van der Waals surface area (Å²) in [5.41, 5.74) is 0. The fraction of sp³-hybridized carbons (Fsp3) is 0.625. The van der Waals surface area contributed by atoms with Crippen molar-refractivity contribution >= 4 is 11.9 Å². The lowest BCUT2D eigenvalue weighted by atomic mass is 10.1. The third-order valence-corrected chi connectivity index (χ3v) is 2.46. The second-order valence-electron chi connectivity index (χ2n) is 4.77. The second-order valence-corrected chi connectivity index (χ2v) is 4.77. The molecule has 0 aromatic carbocycles. The summed E-state index contributed by atoms with van der Waals surface area (Å²) >= 11 is 0. The van der Waals surface area contributed by atoms with E-state index < -0.39 is 18.0 Å². The number of esters is 2. The lowest BCUT2D eigenvalue weighted by molar-refractivity contribution is -0.142. The van der Waals surface area contributed by atoms with Gasteiger partial charge in [-0.2, -0.15) is 0 Å². The largest absolute Gasteiger partial charge is 0.463 e. The molecule has 4 nitrogen and oxygen atoms in total. The van der Waals surface area contributed by atoms with E-state index in [4.69, 9.17) is 9.47 Å². The zero-order valence-corrected chi connectivity index (χ0v) is 12.8. The van der Waals surface area contributed by atoms with E-state index in [1.807, 2.05) is 6.92 Å². The minimum absolute atomic E-state index is 0.370. The van der Waals surface area contributed by atoms with Crippen LogP contribution in [0.3, 0.4) is 0 Å². The van der Waals surface area contributed by atoms with Gasteiger partial charge in [-0.3, -0.25) is 0 Å². The monoisotopic (exact) mass is 280 g/mol. The smallest absolute Gasteiger partial charge is 0.332 e. The molecule has 0 aromatic heterocycles. The predicted octanol–water partition coefficient (Wildman–Crippen LogP) is 2.87. The van der Waals surface area contributed by atoms with Crippen LogP contribution in [0.25, 0.3) is 0 Å². The molecule has 0 spiro atoms. The first-order valence-electron chi connectivity index (χ1n) is 6.97. The van der Waals surface area contributed by atoms with Gasteiger partial charge in [0, 0.05) is 12.2 Å². The van der Waals surface area contributed by atoms with Crippen LogP contribution in [0, 0.1) is 17.8 Å². The zero-order chi connectivity index (χ0) is 15.4. The van der Waals surface area contributed by atoms with Crippen molar-refractivity contribution in [3.63, 3.8) is 0 Å². The summed E-state index contributed by atoms with van der Waals surface area (Å²) in [4.78, 5) is 22.8. The minimum Gasteiger partial charge on any atom is -0.463 e. The Morgan fingerprint density at radius 3 is 2.40 bits per heavy atom. The maximum absolute atomic E-state index is 11.4. The SMILES string of the molecule is CC#CC(CC)OC(=O)/C=C/C(=O)OCCCC(C)C. The molecule has 0 aliphatic heterocycles. The van der Waals surface area contributed by atoms with Gasteiger partial charge < -0.3 is 9.47 Å². The summed E-state index contributed by atoms with van der Waals surface area (Å²) in [5, 5.41) is 0. The van der Waals surface area contributed by atoms with Crippen LogP contribution in [0.15, 0.2) is 12.2 Å². The van der Waals surface area contributed by atoms with Crippen molar-refractivity contribution < 1.29 is 19.1 Å². The Hall–Kier alpha value is -1.76. The summed E-state index contributed by atoms with van der Waals surface area (Å²) in [5.74, 6) is 4.93. The molecule has 0 heterocycles. The van der Waals surface area contributed by atoms with Crippen molar-refractivity contribution in [3.05, 3.63) is 12.2 Å². The zero-order valence-electron chi connectivity index (χ0n) is 12.8. The van der Waals surface area contributed by atoms with E-state index in [1.165, 1.54) is 0 Å². The molecule has 4 heteroatoms. The normalized spacial score (nSPS) is 11.8. The number of carbonyl (C=O) groups excluding carboxylic acids is 2. The molecule has 0 amide bonds. The predicted molar refractivity (Wildman–Crippen MR) is 77.8 cm³/mol. The first-order chi connectivity index (χ1) is 9.49. The third kappa shape index (κ3) is 10.2. The van der Waals surface area contributed by atoms with Crippen molar-refractivity contribution in [3.8, 4) is 11.8 Å². The molecule has 0 fully saturated rings. The number of hydrogen-bond donors (Lipinski definition) is 0. The summed E-state index contributed by atoms with van der Waals surface area (Å²) in [6.07, 6.45) is 4.17. The molecule has 0 saturated heterocycles. The van der Waals surface area contributed by atoms with Crippen LogP contribution >= 0.6 is 0 Å². The molecule has 0 saturated carbocycles. The molecule has 0 bridgehead atoms. The first kappa shape index (κ1) is 18.2. The van der Waals surface area contributed by atoms with Gasteiger partial charge >= 0.3 is 11.9 Å². The van der Waals surface area contributed by atoms with Gasteiger partial charge in [0.2, 0.25) is 0 Å². The fourth-order valence-electron chi connectivity index (χ4n) is 1.40. The molecule has 0 N–H and O–H groups in total. The molecule has 0 aromatic rings. The second kappa shape index (κ2) is 11.1. The van der Waals surface area contributed by atoms with E-state index in [2.05, 4.69) is 25.7 Å².